The maximum absolute atomic E-state index is 11.6. The summed E-state index contributed by atoms with van der Waals surface area (Å²) in [7, 11) is 0. The Balaban J connectivity index is 2.50. The minimum Gasteiger partial charge on any atom is -0.483 e. The van der Waals surface area contributed by atoms with Crippen molar-refractivity contribution in [2.45, 2.75) is 33.6 Å². The first-order chi connectivity index (χ1) is 8.50. The summed E-state index contributed by atoms with van der Waals surface area (Å²) in [6, 6.07) is 7.85. The van der Waals surface area contributed by atoms with E-state index in [1.165, 1.54) is 0 Å². The molecule has 0 aliphatic heterocycles. The van der Waals surface area contributed by atoms with Crippen LogP contribution in [0.25, 0.3) is 0 Å². The molecule has 0 fully saturated rings. The Kier molecular flexibility index (Phi) is 5.69. The Labute approximate surface area is 110 Å². The standard InChI is InChI=1S/C15H23NO2/c1-11(2)9-16-15(17)10-18-14-8-6-5-7-13(14)12(3)4/h5-8,11-12H,9-10H2,1-4H3,(H,16,17). The van der Waals surface area contributed by atoms with Crippen molar-refractivity contribution < 1.29 is 9.53 Å². The van der Waals surface area contributed by atoms with Crippen LogP contribution in [0, 0.1) is 5.92 Å². The smallest absolute Gasteiger partial charge is 0.257 e. The lowest BCUT2D eigenvalue weighted by atomic mass is 10.0. The summed E-state index contributed by atoms with van der Waals surface area (Å²) in [5.41, 5.74) is 1.13. The van der Waals surface area contributed by atoms with Gasteiger partial charge in [0.25, 0.3) is 5.91 Å². The van der Waals surface area contributed by atoms with Gasteiger partial charge in [0.1, 0.15) is 5.75 Å². The lowest BCUT2D eigenvalue weighted by Crippen LogP contribution is -2.31. The second-order valence-corrected chi connectivity index (χ2v) is 5.18. The second kappa shape index (κ2) is 7.04. The van der Waals surface area contributed by atoms with E-state index in [2.05, 4.69) is 33.0 Å². The molecule has 0 aromatic heterocycles. The molecular weight excluding hydrogens is 226 g/mol. The highest BCUT2D eigenvalue weighted by atomic mass is 16.5. The fraction of sp³-hybridized carbons (Fsp3) is 0.533. The first-order valence-corrected chi connectivity index (χ1v) is 6.49. The molecular formula is C15H23NO2. The molecule has 1 aromatic rings. The number of nitrogens with one attached hydrogen (secondary N) is 1. The Morgan fingerprint density at radius 1 is 1.22 bits per heavy atom. The van der Waals surface area contributed by atoms with Crippen molar-refractivity contribution in [1.82, 2.24) is 5.32 Å². The van der Waals surface area contributed by atoms with Gasteiger partial charge in [-0.25, -0.2) is 0 Å². The van der Waals surface area contributed by atoms with E-state index in [0.29, 0.717) is 18.4 Å². The zero-order valence-corrected chi connectivity index (χ0v) is 11.7. The van der Waals surface area contributed by atoms with Crippen LogP contribution < -0.4 is 10.1 Å². The fourth-order valence-corrected chi connectivity index (χ4v) is 1.60. The van der Waals surface area contributed by atoms with Crippen LogP contribution in [-0.2, 0) is 4.79 Å². The molecule has 0 saturated carbocycles. The van der Waals surface area contributed by atoms with E-state index in [-0.39, 0.29) is 12.5 Å². The molecule has 3 nitrogen and oxygen atoms in total. The summed E-state index contributed by atoms with van der Waals surface area (Å²) in [5, 5.41) is 2.84. The second-order valence-electron chi connectivity index (χ2n) is 5.18. The first kappa shape index (κ1) is 14.6. The molecule has 3 heteroatoms. The summed E-state index contributed by atoms with van der Waals surface area (Å²) < 4.78 is 5.58. The maximum atomic E-state index is 11.6. The van der Waals surface area contributed by atoms with Crippen LogP contribution in [0.2, 0.25) is 0 Å². The third-order valence-corrected chi connectivity index (χ3v) is 2.61. The number of carbonyl (C=O) groups is 1. The van der Waals surface area contributed by atoms with Crippen LogP contribution in [-0.4, -0.2) is 19.1 Å². The number of amides is 1. The predicted molar refractivity (Wildman–Crippen MR) is 73.9 cm³/mol. The molecule has 1 aromatic carbocycles. The Bertz CT molecular complexity index is 386. The molecule has 0 unspecified atom stereocenters. The van der Waals surface area contributed by atoms with Gasteiger partial charge in [-0.3, -0.25) is 4.79 Å². The average Bonchev–Trinajstić information content (AvgIpc) is 2.34. The van der Waals surface area contributed by atoms with Crippen molar-refractivity contribution in [2.75, 3.05) is 13.2 Å². The molecule has 0 saturated heterocycles. The van der Waals surface area contributed by atoms with Gasteiger partial charge in [-0.1, -0.05) is 45.9 Å². The lowest BCUT2D eigenvalue weighted by Gasteiger charge is -2.14. The number of carbonyl (C=O) groups excluding carboxylic acids is 1. The Morgan fingerprint density at radius 2 is 1.89 bits per heavy atom. The monoisotopic (exact) mass is 249 g/mol. The van der Waals surface area contributed by atoms with E-state index in [1.807, 2.05) is 24.3 Å². The van der Waals surface area contributed by atoms with E-state index >= 15 is 0 Å². The highest BCUT2D eigenvalue weighted by Gasteiger charge is 2.09. The van der Waals surface area contributed by atoms with Gasteiger partial charge in [-0.2, -0.15) is 0 Å². The van der Waals surface area contributed by atoms with Crippen LogP contribution in [0.1, 0.15) is 39.2 Å². The van der Waals surface area contributed by atoms with Crippen molar-refractivity contribution in [3.63, 3.8) is 0 Å². The first-order valence-electron chi connectivity index (χ1n) is 6.49. The molecule has 18 heavy (non-hydrogen) atoms. The van der Waals surface area contributed by atoms with Gasteiger partial charge in [-0.15, -0.1) is 0 Å². The molecule has 0 aliphatic rings. The summed E-state index contributed by atoms with van der Waals surface area (Å²) in [4.78, 5) is 11.6. The number of benzene rings is 1. The zero-order chi connectivity index (χ0) is 13.5. The number of rotatable bonds is 6. The lowest BCUT2D eigenvalue weighted by molar-refractivity contribution is -0.123. The normalized spacial score (nSPS) is 10.8. The van der Waals surface area contributed by atoms with E-state index in [9.17, 15) is 4.79 Å². The molecule has 0 aliphatic carbocycles. The summed E-state index contributed by atoms with van der Waals surface area (Å²) >= 11 is 0. The third kappa shape index (κ3) is 4.78. The highest BCUT2D eigenvalue weighted by Crippen LogP contribution is 2.25. The maximum Gasteiger partial charge on any atom is 0.257 e. The average molecular weight is 249 g/mol. The zero-order valence-electron chi connectivity index (χ0n) is 11.7. The predicted octanol–water partition coefficient (Wildman–Crippen LogP) is 2.96. The van der Waals surface area contributed by atoms with Crippen LogP contribution in [0.4, 0.5) is 0 Å². The Hall–Kier alpha value is -1.51. The van der Waals surface area contributed by atoms with E-state index < -0.39 is 0 Å². The van der Waals surface area contributed by atoms with Crippen LogP contribution >= 0.6 is 0 Å². The van der Waals surface area contributed by atoms with Crippen LogP contribution in [0.5, 0.6) is 5.75 Å². The Morgan fingerprint density at radius 3 is 2.50 bits per heavy atom. The minimum absolute atomic E-state index is 0.0674. The number of hydrogen-bond donors (Lipinski definition) is 1. The SMILES string of the molecule is CC(C)CNC(=O)COc1ccccc1C(C)C. The summed E-state index contributed by atoms with van der Waals surface area (Å²) in [6.07, 6.45) is 0. The van der Waals surface area contributed by atoms with E-state index in [1.54, 1.807) is 0 Å². The van der Waals surface area contributed by atoms with Gasteiger partial charge in [0.15, 0.2) is 6.61 Å². The molecule has 100 valence electrons. The van der Waals surface area contributed by atoms with Gasteiger partial charge in [0.05, 0.1) is 0 Å². The van der Waals surface area contributed by atoms with Gasteiger partial charge >= 0.3 is 0 Å². The number of para-hydroxylation sites is 1. The van der Waals surface area contributed by atoms with Crippen LogP contribution in [0.3, 0.4) is 0 Å². The van der Waals surface area contributed by atoms with Crippen molar-refractivity contribution in [3.8, 4) is 5.75 Å². The quantitative estimate of drug-likeness (QED) is 0.841. The highest BCUT2D eigenvalue weighted by molar-refractivity contribution is 5.77. The van der Waals surface area contributed by atoms with Gasteiger partial charge in [0, 0.05) is 6.54 Å². The number of hydrogen-bond acceptors (Lipinski definition) is 2. The fourth-order valence-electron chi connectivity index (χ4n) is 1.60. The van der Waals surface area contributed by atoms with Crippen molar-refractivity contribution in [2.24, 2.45) is 5.92 Å². The van der Waals surface area contributed by atoms with Crippen molar-refractivity contribution in [1.29, 1.82) is 0 Å². The molecule has 0 radical (unpaired) electrons. The molecule has 0 bridgehead atoms. The molecule has 1 N–H and O–H groups in total. The molecule has 1 amide bonds. The van der Waals surface area contributed by atoms with E-state index in [4.69, 9.17) is 4.74 Å². The van der Waals surface area contributed by atoms with Crippen LogP contribution in [0.15, 0.2) is 24.3 Å². The largest absolute Gasteiger partial charge is 0.483 e. The topological polar surface area (TPSA) is 38.3 Å². The molecule has 0 atom stereocenters. The van der Waals surface area contributed by atoms with Crippen molar-refractivity contribution >= 4 is 5.91 Å². The number of ether oxygens (including phenoxy) is 1. The van der Waals surface area contributed by atoms with E-state index in [0.717, 1.165) is 11.3 Å². The molecule has 0 heterocycles. The van der Waals surface area contributed by atoms with Crippen molar-refractivity contribution in [3.05, 3.63) is 29.8 Å². The van der Waals surface area contributed by atoms with Gasteiger partial charge < -0.3 is 10.1 Å². The molecule has 1 rings (SSSR count). The minimum atomic E-state index is -0.0674. The third-order valence-electron chi connectivity index (χ3n) is 2.61. The summed E-state index contributed by atoms with van der Waals surface area (Å²) in [6.45, 7) is 9.12. The van der Waals surface area contributed by atoms with Gasteiger partial charge in [-0.05, 0) is 23.5 Å². The summed E-state index contributed by atoms with van der Waals surface area (Å²) in [5.74, 6) is 1.58. The van der Waals surface area contributed by atoms with Gasteiger partial charge in [0.2, 0.25) is 0 Å². The molecule has 0 spiro atoms.